The van der Waals surface area contributed by atoms with Gasteiger partial charge in [0.15, 0.2) is 3.77 Å². The van der Waals surface area contributed by atoms with Crippen molar-refractivity contribution in [3.63, 3.8) is 0 Å². The number of hydrazone groups is 1. The Morgan fingerprint density at radius 3 is 2.65 bits per heavy atom. The van der Waals surface area contributed by atoms with Crippen LogP contribution >= 0.6 is 34.2 Å². The summed E-state index contributed by atoms with van der Waals surface area (Å²) in [4.78, 5) is 0. The van der Waals surface area contributed by atoms with E-state index in [4.69, 9.17) is 16.0 Å². The molecule has 0 unspecified atom stereocenters. The molecule has 0 saturated heterocycles. The summed E-state index contributed by atoms with van der Waals surface area (Å²) in [7, 11) is 0. The number of halogens is 2. The molecule has 0 aliphatic carbocycles. The van der Waals surface area contributed by atoms with Gasteiger partial charge in [0.2, 0.25) is 0 Å². The molecule has 0 fully saturated rings. The summed E-state index contributed by atoms with van der Waals surface area (Å²) >= 11 is 7.91. The maximum atomic E-state index is 5.79. The second-order valence-corrected chi connectivity index (χ2v) is 4.86. The van der Waals surface area contributed by atoms with Crippen molar-refractivity contribution in [3.8, 4) is 0 Å². The first kappa shape index (κ1) is 12.4. The molecule has 0 spiro atoms. The Hall–Kier alpha value is -1.01. The zero-order chi connectivity index (χ0) is 12.1. The molecule has 0 aliphatic rings. The Balaban J connectivity index is 1.83. The summed E-state index contributed by atoms with van der Waals surface area (Å²) < 4.78 is 6.18. The van der Waals surface area contributed by atoms with Crippen molar-refractivity contribution in [1.29, 1.82) is 0 Å². The minimum absolute atomic E-state index is 0.658. The van der Waals surface area contributed by atoms with E-state index < -0.39 is 0 Å². The SMILES string of the molecule is Clc1ccc(CN/N=C\c2ccc(I)o2)cc1. The van der Waals surface area contributed by atoms with E-state index in [0.717, 1.165) is 20.1 Å². The summed E-state index contributed by atoms with van der Waals surface area (Å²) in [6, 6.07) is 11.4. The highest BCUT2D eigenvalue weighted by molar-refractivity contribution is 14.1. The molecule has 2 aromatic rings. The topological polar surface area (TPSA) is 37.5 Å². The lowest BCUT2D eigenvalue weighted by molar-refractivity contribution is 0.530. The second kappa shape index (κ2) is 6.07. The number of hydrogen-bond donors (Lipinski definition) is 1. The highest BCUT2D eigenvalue weighted by Crippen LogP contribution is 2.09. The van der Waals surface area contributed by atoms with Gasteiger partial charge in [-0.3, -0.25) is 0 Å². The van der Waals surface area contributed by atoms with E-state index in [9.17, 15) is 0 Å². The normalized spacial score (nSPS) is 10.9. The lowest BCUT2D eigenvalue weighted by Crippen LogP contribution is -2.05. The molecule has 1 N–H and O–H groups in total. The van der Waals surface area contributed by atoms with Gasteiger partial charge in [0.1, 0.15) is 5.76 Å². The van der Waals surface area contributed by atoms with Gasteiger partial charge < -0.3 is 9.84 Å². The minimum atomic E-state index is 0.658. The average molecular weight is 361 g/mol. The standard InChI is InChI=1S/C12H10ClIN2O/c13-10-3-1-9(2-4-10)7-15-16-8-11-5-6-12(14)17-11/h1-6,8,15H,7H2/b16-8-. The first-order valence-corrected chi connectivity index (χ1v) is 6.45. The van der Waals surface area contributed by atoms with E-state index in [1.165, 1.54) is 0 Å². The number of hydrogen-bond acceptors (Lipinski definition) is 3. The van der Waals surface area contributed by atoms with Crippen LogP contribution in [0.4, 0.5) is 0 Å². The molecular weight excluding hydrogens is 351 g/mol. The highest BCUT2D eigenvalue weighted by Gasteiger charge is 1.94. The van der Waals surface area contributed by atoms with Crippen LogP contribution in [0.2, 0.25) is 5.02 Å². The van der Waals surface area contributed by atoms with E-state index in [2.05, 4.69) is 33.1 Å². The third-order valence-corrected chi connectivity index (χ3v) is 2.91. The van der Waals surface area contributed by atoms with Crippen LogP contribution in [0.3, 0.4) is 0 Å². The van der Waals surface area contributed by atoms with E-state index in [0.29, 0.717) is 6.54 Å². The van der Waals surface area contributed by atoms with Crippen molar-refractivity contribution in [2.75, 3.05) is 0 Å². The molecule has 88 valence electrons. The van der Waals surface area contributed by atoms with Crippen LogP contribution in [-0.2, 0) is 6.54 Å². The molecule has 17 heavy (non-hydrogen) atoms. The molecular formula is C12H10ClIN2O. The Labute approximate surface area is 118 Å². The molecule has 0 atom stereocenters. The number of rotatable bonds is 4. The molecule has 1 aromatic heterocycles. The average Bonchev–Trinajstić information content (AvgIpc) is 2.73. The third kappa shape index (κ3) is 4.05. The summed E-state index contributed by atoms with van der Waals surface area (Å²) in [5, 5.41) is 4.81. The predicted octanol–water partition coefficient (Wildman–Crippen LogP) is 3.66. The molecule has 0 amide bonds. The van der Waals surface area contributed by atoms with Crippen molar-refractivity contribution in [3.05, 3.63) is 56.5 Å². The molecule has 2 rings (SSSR count). The minimum Gasteiger partial charge on any atom is -0.449 e. The number of nitrogens with zero attached hydrogens (tertiary/aromatic N) is 1. The summed E-state index contributed by atoms with van der Waals surface area (Å²) in [6.07, 6.45) is 1.65. The molecule has 1 heterocycles. The van der Waals surface area contributed by atoms with Gasteiger partial charge in [0.05, 0.1) is 12.8 Å². The second-order valence-electron chi connectivity index (χ2n) is 3.36. The predicted molar refractivity (Wildman–Crippen MR) is 77.3 cm³/mol. The quantitative estimate of drug-likeness (QED) is 0.513. The van der Waals surface area contributed by atoms with Crippen LogP contribution < -0.4 is 5.43 Å². The zero-order valence-corrected chi connectivity index (χ0v) is 11.8. The van der Waals surface area contributed by atoms with Gasteiger partial charge in [-0.05, 0) is 52.4 Å². The van der Waals surface area contributed by atoms with E-state index in [1.807, 2.05) is 36.4 Å². The first-order chi connectivity index (χ1) is 8.24. The van der Waals surface area contributed by atoms with Crippen LogP contribution in [0.15, 0.2) is 45.9 Å². The van der Waals surface area contributed by atoms with Crippen molar-refractivity contribution < 1.29 is 4.42 Å². The summed E-state index contributed by atoms with van der Waals surface area (Å²) in [5.74, 6) is 0.734. The van der Waals surface area contributed by atoms with Crippen LogP contribution in [0.1, 0.15) is 11.3 Å². The fourth-order valence-electron chi connectivity index (χ4n) is 1.25. The lowest BCUT2D eigenvalue weighted by Gasteiger charge is -2.00. The molecule has 0 radical (unpaired) electrons. The number of nitrogens with one attached hydrogen (secondary N) is 1. The molecule has 0 bridgehead atoms. The smallest absolute Gasteiger partial charge is 0.164 e. The first-order valence-electron chi connectivity index (χ1n) is 5.00. The Morgan fingerprint density at radius 1 is 1.24 bits per heavy atom. The van der Waals surface area contributed by atoms with Gasteiger partial charge in [-0.2, -0.15) is 5.10 Å². The van der Waals surface area contributed by atoms with Gasteiger partial charge in [0.25, 0.3) is 0 Å². The van der Waals surface area contributed by atoms with E-state index in [1.54, 1.807) is 6.21 Å². The lowest BCUT2D eigenvalue weighted by atomic mass is 10.2. The summed E-state index contributed by atoms with van der Waals surface area (Å²) in [5.41, 5.74) is 4.07. The molecule has 1 aromatic carbocycles. The zero-order valence-electron chi connectivity index (χ0n) is 8.86. The van der Waals surface area contributed by atoms with Crippen LogP contribution in [0, 0.1) is 3.77 Å². The summed E-state index contributed by atoms with van der Waals surface area (Å²) in [6.45, 7) is 0.658. The maximum absolute atomic E-state index is 5.79. The monoisotopic (exact) mass is 360 g/mol. The fourth-order valence-corrected chi connectivity index (χ4v) is 1.81. The van der Waals surface area contributed by atoms with Crippen molar-refractivity contribution in [2.45, 2.75) is 6.54 Å². The maximum Gasteiger partial charge on any atom is 0.164 e. The molecule has 0 saturated carbocycles. The van der Waals surface area contributed by atoms with E-state index in [-0.39, 0.29) is 0 Å². The Morgan fingerprint density at radius 2 is 2.00 bits per heavy atom. The van der Waals surface area contributed by atoms with Gasteiger partial charge in [-0.15, -0.1) is 0 Å². The van der Waals surface area contributed by atoms with Gasteiger partial charge in [-0.25, -0.2) is 0 Å². The van der Waals surface area contributed by atoms with Gasteiger partial charge in [-0.1, -0.05) is 23.7 Å². The van der Waals surface area contributed by atoms with Crippen LogP contribution in [-0.4, -0.2) is 6.21 Å². The number of furan rings is 1. The van der Waals surface area contributed by atoms with Gasteiger partial charge in [0, 0.05) is 5.02 Å². The van der Waals surface area contributed by atoms with Crippen molar-refractivity contribution >= 4 is 40.4 Å². The molecule has 5 heteroatoms. The Kier molecular flexibility index (Phi) is 4.44. The molecule has 0 aliphatic heterocycles. The highest BCUT2D eigenvalue weighted by atomic mass is 127. The van der Waals surface area contributed by atoms with Gasteiger partial charge >= 0.3 is 0 Å². The van der Waals surface area contributed by atoms with Crippen molar-refractivity contribution in [2.24, 2.45) is 5.10 Å². The fraction of sp³-hybridized carbons (Fsp3) is 0.0833. The van der Waals surface area contributed by atoms with E-state index >= 15 is 0 Å². The largest absolute Gasteiger partial charge is 0.449 e. The third-order valence-electron chi connectivity index (χ3n) is 2.07. The van der Waals surface area contributed by atoms with Crippen molar-refractivity contribution in [1.82, 2.24) is 5.43 Å². The van der Waals surface area contributed by atoms with Crippen LogP contribution in [0.25, 0.3) is 0 Å². The van der Waals surface area contributed by atoms with Crippen LogP contribution in [0.5, 0.6) is 0 Å². The number of benzene rings is 1. The molecule has 3 nitrogen and oxygen atoms in total. The Bertz CT molecular complexity index is 507.